The van der Waals surface area contributed by atoms with Gasteiger partial charge in [0, 0.05) is 7.05 Å². The van der Waals surface area contributed by atoms with Crippen molar-refractivity contribution in [2.45, 2.75) is 6.92 Å². The Morgan fingerprint density at radius 3 is 2.65 bits per heavy atom. The minimum atomic E-state index is -0.914. The highest BCUT2D eigenvalue weighted by Crippen LogP contribution is 1.82. The van der Waals surface area contributed by atoms with E-state index in [1.807, 2.05) is 0 Å². The second-order valence-corrected chi connectivity index (χ2v) is 3.02. The summed E-state index contributed by atoms with van der Waals surface area (Å²) in [6, 6.07) is 0. The van der Waals surface area contributed by atoms with Crippen molar-refractivity contribution in [1.82, 2.24) is 21.1 Å². The molecular weight excluding hydrogens is 224 g/mol. The molecule has 0 rings (SSSR count). The van der Waals surface area contributed by atoms with Crippen LogP contribution in [0.25, 0.3) is 0 Å². The van der Waals surface area contributed by atoms with Gasteiger partial charge in [0.25, 0.3) is 0 Å². The Labute approximate surface area is 100 Å². The lowest BCUT2D eigenvalue weighted by molar-refractivity contribution is -0.156. The molecule has 0 radical (unpaired) electrons. The van der Waals surface area contributed by atoms with Gasteiger partial charge in [-0.05, 0) is 13.1 Å². The Balaban J connectivity index is 3.89. The van der Waals surface area contributed by atoms with E-state index in [1.165, 1.54) is 11.2 Å². The number of rotatable bonds is 7. The normalized spacial score (nSPS) is 9.35. The van der Waals surface area contributed by atoms with E-state index in [4.69, 9.17) is 0 Å². The number of nitrogens with zero attached hydrogens (tertiary/aromatic N) is 1. The van der Waals surface area contributed by atoms with Crippen LogP contribution in [-0.2, 0) is 14.3 Å². The van der Waals surface area contributed by atoms with Gasteiger partial charge in [0.2, 0.25) is 0 Å². The molecule has 0 saturated carbocycles. The monoisotopic (exact) mass is 242 g/mol. The lowest BCUT2D eigenvalue weighted by atomic mass is 10.6. The van der Waals surface area contributed by atoms with Crippen molar-refractivity contribution in [3.05, 3.63) is 25.2 Å². The van der Waals surface area contributed by atoms with Crippen LogP contribution in [0.2, 0.25) is 0 Å². The van der Waals surface area contributed by atoms with E-state index in [0.717, 1.165) is 0 Å². The van der Waals surface area contributed by atoms with Crippen LogP contribution in [-0.4, -0.2) is 37.2 Å². The van der Waals surface area contributed by atoms with Crippen LogP contribution in [0, 0.1) is 0 Å². The molecule has 0 spiro atoms. The van der Waals surface area contributed by atoms with Gasteiger partial charge >= 0.3 is 11.9 Å². The number of hydrazine groups is 1. The summed E-state index contributed by atoms with van der Waals surface area (Å²) in [7, 11) is 1.59. The van der Waals surface area contributed by atoms with Crippen molar-refractivity contribution in [3.8, 4) is 0 Å². The zero-order chi connectivity index (χ0) is 13.3. The quantitative estimate of drug-likeness (QED) is 0.236. The number of amides is 1. The van der Waals surface area contributed by atoms with E-state index in [1.54, 1.807) is 14.0 Å². The van der Waals surface area contributed by atoms with Gasteiger partial charge in [0.15, 0.2) is 0 Å². The molecule has 0 saturated heterocycles. The molecule has 0 heterocycles. The van der Waals surface area contributed by atoms with Gasteiger partial charge in [0.1, 0.15) is 0 Å². The van der Waals surface area contributed by atoms with E-state index >= 15 is 0 Å². The average Bonchev–Trinajstić information content (AvgIpc) is 2.27. The van der Waals surface area contributed by atoms with Crippen LogP contribution in [0.15, 0.2) is 25.2 Å². The lowest BCUT2D eigenvalue weighted by Crippen LogP contribution is -2.47. The molecule has 0 aromatic heterocycles. The highest BCUT2D eigenvalue weighted by molar-refractivity contribution is 6.32. The Kier molecular flexibility index (Phi) is 7.20. The number of esters is 1. The van der Waals surface area contributed by atoms with Crippen molar-refractivity contribution < 1.29 is 14.3 Å². The summed E-state index contributed by atoms with van der Waals surface area (Å²) in [5, 5.41) is 6.95. The summed E-state index contributed by atoms with van der Waals surface area (Å²) in [6.07, 6.45) is 1.46. The highest BCUT2D eigenvalue weighted by atomic mass is 16.5. The molecule has 0 aliphatic carbocycles. The molecule has 0 bridgehead atoms. The molecule has 0 unspecified atom stereocenters. The third-order valence-electron chi connectivity index (χ3n) is 1.56. The van der Waals surface area contributed by atoms with Gasteiger partial charge in [-0.25, -0.2) is 9.80 Å². The van der Waals surface area contributed by atoms with Crippen LogP contribution in [0.5, 0.6) is 0 Å². The van der Waals surface area contributed by atoms with Crippen LogP contribution < -0.4 is 16.1 Å². The first-order valence-corrected chi connectivity index (χ1v) is 5.00. The molecule has 0 aromatic rings. The fourth-order valence-electron chi connectivity index (χ4n) is 0.843. The smallest absolute Gasteiger partial charge is 0.398 e. The summed E-state index contributed by atoms with van der Waals surface area (Å²) in [6.45, 7) is 9.15. The number of ether oxygens (including phenoxy) is 1. The molecule has 7 heteroatoms. The minimum absolute atomic E-state index is 0.161. The molecule has 17 heavy (non-hydrogen) atoms. The maximum Gasteiger partial charge on any atom is 0.398 e. The van der Waals surface area contributed by atoms with Gasteiger partial charge in [-0.2, -0.15) is 0 Å². The average molecular weight is 242 g/mol. The maximum absolute atomic E-state index is 11.2. The van der Waals surface area contributed by atoms with Crippen molar-refractivity contribution >= 4 is 11.9 Å². The van der Waals surface area contributed by atoms with E-state index in [0.29, 0.717) is 5.82 Å². The molecule has 0 aliphatic rings. The molecule has 0 fully saturated rings. The van der Waals surface area contributed by atoms with Crippen LogP contribution in [0.3, 0.4) is 0 Å². The fourth-order valence-corrected chi connectivity index (χ4v) is 0.843. The fraction of sp³-hybridized carbons (Fsp3) is 0.400. The zero-order valence-electron chi connectivity index (χ0n) is 10.1. The molecule has 0 aliphatic heterocycles. The third-order valence-corrected chi connectivity index (χ3v) is 1.56. The summed E-state index contributed by atoms with van der Waals surface area (Å²) in [5.41, 5.74) is 2.32. The minimum Gasteiger partial charge on any atom is -0.459 e. The molecular formula is C10H18N4O3. The molecule has 0 atom stereocenters. The topological polar surface area (TPSA) is 82.7 Å². The van der Waals surface area contributed by atoms with E-state index < -0.39 is 11.9 Å². The number of carbonyl (C=O) groups is 2. The summed E-state index contributed by atoms with van der Waals surface area (Å²) in [5.74, 6) is -1.21. The predicted molar refractivity (Wildman–Crippen MR) is 63.0 cm³/mol. The van der Waals surface area contributed by atoms with Crippen LogP contribution >= 0.6 is 0 Å². The number of hydrogen-bond acceptors (Lipinski definition) is 6. The Bertz CT molecular complexity index is 304. The van der Waals surface area contributed by atoms with Crippen molar-refractivity contribution in [2.75, 3.05) is 20.3 Å². The molecule has 7 nitrogen and oxygen atoms in total. The Morgan fingerprint density at radius 1 is 1.47 bits per heavy atom. The van der Waals surface area contributed by atoms with Gasteiger partial charge in [0.05, 0.1) is 19.1 Å². The first-order chi connectivity index (χ1) is 8.01. The largest absolute Gasteiger partial charge is 0.459 e. The first-order valence-electron chi connectivity index (χ1n) is 5.00. The number of hydrogen-bond donors (Lipinski definition) is 3. The van der Waals surface area contributed by atoms with Crippen molar-refractivity contribution in [2.24, 2.45) is 0 Å². The first kappa shape index (κ1) is 15.0. The second kappa shape index (κ2) is 8.17. The van der Waals surface area contributed by atoms with E-state index in [2.05, 4.69) is 34.0 Å². The van der Waals surface area contributed by atoms with Crippen molar-refractivity contribution in [1.29, 1.82) is 0 Å². The molecule has 96 valence electrons. The second-order valence-electron chi connectivity index (χ2n) is 3.02. The molecule has 3 N–H and O–H groups in total. The predicted octanol–water partition coefficient (Wildman–Crippen LogP) is -0.736. The van der Waals surface area contributed by atoms with Gasteiger partial charge in [-0.3, -0.25) is 10.2 Å². The zero-order valence-corrected chi connectivity index (χ0v) is 10.1. The lowest BCUT2D eigenvalue weighted by Gasteiger charge is -2.19. The Morgan fingerprint density at radius 2 is 2.12 bits per heavy atom. The summed E-state index contributed by atoms with van der Waals surface area (Å²) < 4.78 is 4.53. The third kappa shape index (κ3) is 6.96. The maximum atomic E-state index is 11.2. The molecule has 1 amide bonds. The van der Waals surface area contributed by atoms with Crippen LogP contribution in [0.4, 0.5) is 0 Å². The number of nitrogens with one attached hydrogen (secondary N) is 3. The van der Waals surface area contributed by atoms with Crippen molar-refractivity contribution in [3.63, 3.8) is 0 Å². The van der Waals surface area contributed by atoms with E-state index in [-0.39, 0.29) is 13.3 Å². The van der Waals surface area contributed by atoms with Crippen LogP contribution in [0.1, 0.15) is 6.92 Å². The van der Waals surface area contributed by atoms with E-state index in [9.17, 15) is 9.59 Å². The SMILES string of the molecule is C=CNC(=C)NCN(C)NC(=O)C(=O)OCC. The highest BCUT2D eigenvalue weighted by Gasteiger charge is 2.15. The number of carbonyl (C=O) groups excluding carboxylic acids is 2. The summed E-state index contributed by atoms with van der Waals surface area (Å²) in [4.78, 5) is 22.2. The summed E-state index contributed by atoms with van der Waals surface area (Å²) >= 11 is 0. The van der Waals surface area contributed by atoms with Gasteiger partial charge in [-0.1, -0.05) is 13.2 Å². The standard InChI is InChI=1S/C10H18N4O3/c1-5-11-8(3)12-7-14(4)13-9(15)10(16)17-6-2/h5,11-12H,1,3,6-7H2,2,4H3,(H,13,15). The Hall–Kier alpha value is -2.02. The van der Waals surface area contributed by atoms with Gasteiger partial charge < -0.3 is 15.4 Å². The molecule has 0 aromatic carbocycles. The van der Waals surface area contributed by atoms with Gasteiger partial charge in [-0.15, -0.1) is 0 Å².